The molecular weight excluding hydrogens is 238 g/mol. The Kier molecular flexibility index (Phi) is 3.30. The van der Waals surface area contributed by atoms with Gasteiger partial charge in [-0.3, -0.25) is 0 Å². The zero-order valence-corrected chi connectivity index (χ0v) is 9.76. The Hall–Kier alpha value is -2.01. The van der Waals surface area contributed by atoms with E-state index in [0.29, 0.717) is 11.4 Å². The van der Waals surface area contributed by atoms with E-state index in [2.05, 4.69) is 0 Å². The lowest BCUT2D eigenvalue weighted by Crippen LogP contribution is -1.96. The third-order valence-electron chi connectivity index (χ3n) is 2.18. The SMILES string of the molecule is Nc1cccc([SH](=O)=O)c1Oc1ccccc1. The summed E-state index contributed by atoms with van der Waals surface area (Å²) in [6.07, 6.45) is 0. The van der Waals surface area contributed by atoms with Gasteiger partial charge in [-0.05, 0) is 24.3 Å². The van der Waals surface area contributed by atoms with Crippen molar-refractivity contribution < 1.29 is 13.2 Å². The quantitative estimate of drug-likeness (QED) is 0.645. The fourth-order valence-corrected chi connectivity index (χ4v) is 1.95. The molecule has 0 saturated heterocycles. The summed E-state index contributed by atoms with van der Waals surface area (Å²) in [5, 5.41) is 0. The van der Waals surface area contributed by atoms with Crippen molar-refractivity contribution in [2.45, 2.75) is 4.90 Å². The number of hydrogen-bond donors (Lipinski definition) is 2. The van der Waals surface area contributed by atoms with E-state index in [1.165, 1.54) is 6.07 Å². The van der Waals surface area contributed by atoms with Crippen molar-refractivity contribution in [2.24, 2.45) is 0 Å². The van der Waals surface area contributed by atoms with Gasteiger partial charge < -0.3 is 10.5 Å². The molecule has 0 amide bonds. The van der Waals surface area contributed by atoms with Gasteiger partial charge in [-0.25, -0.2) is 8.42 Å². The van der Waals surface area contributed by atoms with Gasteiger partial charge in [0, 0.05) is 0 Å². The van der Waals surface area contributed by atoms with Crippen LogP contribution in [0.2, 0.25) is 0 Å². The molecular formula is C12H11NO3S. The van der Waals surface area contributed by atoms with E-state index in [1.54, 1.807) is 36.4 Å². The van der Waals surface area contributed by atoms with Gasteiger partial charge in [0.05, 0.1) is 5.69 Å². The highest BCUT2D eigenvalue weighted by molar-refractivity contribution is 7.72. The number of rotatable bonds is 3. The molecule has 17 heavy (non-hydrogen) atoms. The van der Waals surface area contributed by atoms with E-state index < -0.39 is 10.7 Å². The predicted octanol–water partition coefficient (Wildman–Crippen LogP) is 2.03. The highest BCUT2D eigenvalue weighted by Crippen LogP contribution is 2.31. The summed E-state index contributed by atoms with van der Waals surface area (Å²) < 4.78 is 27.6. The largest absolute Gasteiger partial charge is 0.454 e. The Morgan fingerprint density at radius 1 is 0.941 bits per heavy atom. The van der Waals surface area contributed by atoms with E-state index in [9.17, 15) is 8.42 Å². The Morgan fingerprint density at radius 3 is 2.29 bits per heavy atom. The Balaban J connectivity index is 2.45. The molecule has 2 rings (SSSR count). The Bertz CT molecular complexity index is 586. The van der Waals surface area contributed by atoms with Gasteiger partial charge in [-0.2, -0.15) is 0 Å². The number of ether oxygens (including phenoxy) is 1. The minimum Gasteiger partial charge on any atom is -0.454 e. The molecule has 0 unspecified atom stereocenters. The van der Waals surface area contributed by atoms with Crippen LogP contribution in [0.3, 0.4) is 0 Å². The number of benzene rings is 2. The molecule has 0 aliphatic rings. The average Bonchev–Trinajstić information content (AvgIpc) is 2.33. The number of thiol groups is 1. The molecule has 4 nitrogen and oxygen atoms in total. The van der Waals surface area contributed by atoms with Gasteiger partial charge >= 0.3 is 0 Å². The molecule has 0 radical (unpaired) electrons. The summed E-state index contributed by atoms with van der Waals surface area (Å²) in [4.78, 5) is 0.0869. The minimum atomic E-state index is -2.73. The van der Waals surface area contributed by atoms with Crippen LogP contribution < -0.4 is 10.5 Å². The van der Waals surface area contributed by atoms with E-state index in [0.717, 1.165) is 0 Å². The van der Waals surface area contributed by atoms with Crippen molar-refractivity contribution in [3.8, 4) is 11.5 Å². The third kappa shape index (κ3) is 2.57. The molecule has 0 aliphatic heterocycles. The second-order valence-electron chi connectivity index (χ2n) is 3.37. The molecule has 0 heterocycles. The van der Waals surface area contributed by atoms with Crippen molar-refractivity contribution in [1.82, 2.24) is 0 Å². The molecule has 5 heteroatoms. The average molecular weight is 249 g/mol. The van der Waals surface area contributed by atoms with Crippen LogP contribution in [0.5, 0.6) is 11.5 Å². The first-order valence-electron chi connectivity index (χ1n) is 4.94. The number of hydrogen-bond acceptors (Lipinski definition) is 4. The second-order valence-corrected chi connectivity index (χ2v) is 4.36. The van der Waals surface area contributed by atoms with Gasteiger partial charge in [0.1, 0.15) is 10.6 Å². The number of nitrogens with two attached hydrogens (primary N) is 1. The summed E-state index contributed by atoms with van der Waals surface area (Å²) in [5.41, 5.74) is 6.01. The second kappa shape index (κ2) is 4.88. The Labute approximate surface area is 101 Å². The standard InChI is InChI=1S/C12H11NO3S/c13-10-7-4-8-11(17(14)15)12(10)16-9-5-2-1-3-6-9/h1-8,17H,13H2. The van der Waals surface area contributed by atoms with Gasteiger partial charge in [-0.15, -0.1) is 0 Å². The summed E-state index contributed by atoms with van der Waals surface area (Å²) >= 11 is 0. The van der Waals surface area contributed by atoms with Crippen LogP contribution in [0.15, 0.2) is 53.4 Å². The molecule has 88 valence electrons. The fraction of sp³-hybridized carbons (Fsp3) is 0. The first kappa shape index (κ1) is 11.5. The first-order chi connectivity index (χ1) is 8.18. The fourth-order valence-electron chi connectivity index (χ4n) is 1.40. The molecule has 0 aliphatic carbocycles. The van der Waals surface area contributed by atoms with Crippen molar-refractivity contribution in [3.63, 3.8) is 0 Å². The van der Waals surface area contributed by atoms with Crippen molar-refractivity contribution in [2.75, 3.05) is 5.73 Å². The third-order valence-corrected chi connectivity index (χ3v) is 2.93. The van der Waals surface area contributed by atoms with Gasteiger partial charge in [-0.1, -0.05) is 24.3 Å². The highest BCUT2D eigenvalue weighted by atomic mass is 32.2. The van der Waals surface area contributed by atoms with Gasteiger partial charge in [0.15, 0.2) is 16.5 Å². The molecule has 2 N–H and O–H groups in total. The van der Waals surface area contributed by atoms with Crippen LogP contribution in [0.25, 0.3) is 0 Å². The monoisotopic (exact) mass is 249 g/mol. The maximum atomic E-state index is 11.1. The number of nitrogen functional groups attached to an aromatic ring is 1. The normalized spacial score (nSPS) is 10.4. The molecule has 2 aromatic carbocycles. The van der Waals surface area contributed by atoms with E-state index in [-0.39, 0.29) is 10.6 Å². The molecule has 0 bridgehead atoms. The molecule has 0 saturated carbocycles. The number of anilines is 1. The molecule has 0 spiro atoms. The zero-order valence-electron chi connectivity index (χ0n) is 8.87. The van der Waals surface area contributed by atoms with Gasteiger partial charge in [0.25, 0.3) is 0 Å². The summed E-state index contributed by atoms with van der Waals surface area (Å²) in [6.45, 7) is 0. The lowest BCUT2D eigenvalue weighted by atomic mass is 10.3. The van der Waals surface area contributed by atoms with Crippen LogP contribution in [-0.2, 0) is 10.7 Å². The lowest BCUT2D eigenvalue weighted by Gasteiger charge is -2.09. The first-order valence-corrected chi connectivity index (χ1v) is 6.12. The van der Waals surface area contributed by atoms with Crippen LogP contribution >= 0.6 is 0 Å². The van der Waals surface area contributed by atoms with Crippen LogP contribution in [-0.4, -0.2) is 8.42 Å². The zero-order chi connectivity index (χ0) is 12.3. The van der Waals surface area contributed by atoms with Crippen molar-refractivity contribution in [3.05, 3.63) is 48.5 Å². The minimum absolute atomic E-state index is 0.0869. The van der Waals surface area contributed by atoms with Crippen LogP contribution in [0, 0.1) is 0 Å². The lowest BCUT2D eigenvalue weighted by molar-refractivity contribution is 0.471. The summed E-state index contributed by atoms with van der Waals surface area (Å²) in [7, 11) is -2.73. The van der Waals surface area contributed by atoms with Crippen LogP contribution in [0.4, 0.5) is 5.69 Å². The number of para-hydroxylation sites is 2. The topological polar surface area (TPSA) is 69.4 Å². The Morgan fingerprint density at radius 2 is 1.65 bits per heavy atom. The summed E-state index contributed by atoms with van der Waals surface area (Å²) in [5.74, 6) is 0.721. The van der Waals surface area contributed by atoms with Crippen LogP contribution in [0.1, 0.15) is 0 Å². The predicted molar refractivity (Wildman–Crippen MR) is 66.0 cm³/mol. The highest BCUT2D eigenvalue weighted by Gasteiger charge is 2.10. The van der Waals surface area contributed by atoms with E-state index in [1.807, 2.05) is 6.07 Å². The van der Waals surface area contributed by atoms with E-state index >= 15 is 0 Å². The smallest absolute Gasteiger partial charge is 0.172 e. The molecule has 2 aromatic rings. The van der Waals surface area contributed by atoms with Crippen molar-refractivity contribution >= 4 is 16.4 Å². The molecule has 0 aromatic heterocycles. The van der Waals surface area contributed by atoms with E-state index in [4.69, 9.17) is 10.5 Å². The summed E-state index contributed by atoms with van der Waals surface area (Å²) in [6, 6.07) is 13.5. The maximum Gasteiger partial charge on any atom is 0.172 e. The molecule has 0 fully saturated rings. The van der Waals surface area contributed by atoms with Crippen molar-refractivity contribution in [1.29, 1.82) is 0 Å². The van der Waals surface area contributed by atoms with Gasteiger partial charge in [0.2, 0.25) is 0 Å². The maximum absolute atomic E-state index is 11.1. The molecule has 0 atom stereocenters.